The van der Waals surface area contributed by atoms with Gasteiger partial charge in [-0.3, -0.25) is 4.72 Å². The highest BCUT2D eigenvalue weighted by Gasteiger charge is 2.21. The van der Waals surface area contributed by atoms with Crippen molar-refractivity contribution in [2.75, 3.05) is 4.72 Å². The van der Waals surface area contributed by atoms with E-state index >= 15 is 0 Å². The molecule has 2 N–H and O–H groups in total. The second-order valence-electron chi connectivity index (χ2n) is 4.24. The van der Waals surface area contributed by atoms with Crippen LogP contribution in [-0.2, 0) is 17.1 Å². The fourth-order valence-electron chi connectivity index (χ4n) is 1.58. The molecule has 0 bridgehead atoms. The van der Waals surface area contributed by atoms with Crippen LogP contribution in [0.1, 0.15) is 21.1 Å². The molecule has 0 aromatic carbocycles. The maximum Gasteiger partial charge on any atom is 0.352 e. The zero-order chi connectivity index (χ0) is 15.1. The lowest BCUT2D eigenvalue weighted by Gasteiger charge is -2.01. The van der Waals surface area contributed by atoms with Crippen LogP contribution in [0.15, 0.2) is 17.2 Å². The number of rotatable bonds is 4. The standard InChI is InChI=1S/C11H13N3O4S2/c1-6-7(2)19-11(12-6)13-20(17,18)8-4-9(10(15)16)14(3)5-8/h4-5H,1-3H3,(H,12,13)(H,15,16). The molecule has 0 aliphatic heterocycles. The summed E-state index contributed by atoms with van der Waals surface area (Å²) < 4.78 is 27.9. The Morgan fingerprint density at radius 2 is 2.10 bits per heavy atom. The number of carbonyl (C=O) groups is 1. The largest absolute Gasteiger partial charge is 0.477 e. The van der Waals surface area contributed by atoms with Gasteiger partial charge in [0.2, 0.25) is 0 Å². The minimum absolute atomic E-state index is 0.100. The van der Waals surface area contributed by atoms with Gasteiger partial charge in [0.15, 0.2) is 5.13 Å². The van der Waals surface area contributed by atoms with Gasteiger partial charge < -0.3 is 9.67 Å². The third-order valence-electron chi connectivity index (χ3n) is 2.76. The molecule has 0 aliphatic carbocycles. The summed E-state index contributed by atoms with van der Waals surface area (Å²) in [5, 5.41) is 9.19. The molecule has 0 atom stereocenters. The lowest BCUT2D eigenvalue weighted by atomic mass is 10.4. The van der Waals surface area contributed by atoms with Crippen molar-refractivity contribution in [3.63, 3.8) is 0 Å². The molecule has 0 spiro atoms. The number of hydrogen-bond acceptors (Lipinski definition) is 5. The smallest absolute Gasteiger partial charge is 0.352 e. The maximum atomic E-state index is 12.2. The number of aromatic carboxylic acids is 1. The Morgan fingerprint density at radius 3 is 2.55 bits per heavy atom. The Balaban J connectivity index is 2.35. The van der Waals surface area contributed by atoms with Gasteiger partial charge in [-0.25, -0.2) is 18.2 Å². The summed E-state index contributed by atoms with van der Waals surface area (Å²) in [5.41, 5.74) is 0.656. The molecule has 2 aromatic heterocycles. The molecular formula is C11H13N3O4S2. The maximum absolute atomic E-state index is 12.2. The van der Waals surface area contributed by atoms with Crippen LogP contribution < -0.4 is 4.72 Å². The Kier molecular flexibility index (Phi) is 3.57. The van der Waals surface area contributed by atoms with Crippen LogP contribution in [0.4, 0.5) is 5.13 Å². The van der Waals surface area contributed by atoms with E-state index in [0.29, 0.717) is 0 Å². The monoisotopic (exact) mass is 315 g/mol. The van der Waals surface area contributed by atoms with Crippen LogP contribution in [0.25, 0.3) is 0 Å². The van der Waals surface area contributed by atoms with Crippen LogP contribution in [0.5, 0.6) is 0 Å². The topological polar surface area (TPSA) is 101 Å². The average Bonchev–Trinajstić information content (AvgIpc) is 2.83. The van der Waals surface area contributed by atoms with E-state index in [1.807, 2.05) is 6.92 Å². The van der Waals surface area contributed by atoms with E-state index in [1.54, 1.807) is 6.92 Å². The zero-order valence-corrected chi connectivity index (χ0v) is 12.7. The molecule has 0 aliphatic rings. The first kappa shape index (κ1) is 14.5. The van der Waals surface area contributed by atoms with Crippen LogP contribution in [0.2, 0.25) is 0 Å². The first-order chi connectivity index (χ1) is 9.20. The van der Waals surface area contributed by atoms with Gasteiger partial charge in [-0.05, 0) is 19.9 Å². The van der Waals surface area contributed by atoms with E-state index in [2.05, 4.69) is 9.71 Å². The Morgan fingerprint density at radius 1 is 1.45 bits per heavy atom. The number of thiazole rings is 1. The van der Waals surface area contributed by atoms with Crippen molar-refractivity contribution >= 4 is 32.5 Å². The molecule has 0 radical (unpaired) electrons. The number of aryl methyl sites for hydroxylation is 3. The number of sulfonamides is 1. The molecule has 2 heterocycles. The van der Waals surface area contributed by atoms with Gasteiger partial charge in [0.05, 0.1) is 5.69 Å². The molecule has 0 saturated carbocycles. The molecule has 0 fully saturated rings. The van der Waals surface area contributed by atoms with E-state index in [1.165, 1.54) is 29.1 Å². The number of carboxylic acid groups (broad SMARTS) is 1. The van der Waals surface area contributed by atoms with E-state index in [-0.39, 0.29) is 15.7 Å². The molecular weight excluding hydrogens is 302 g/mol. The summed E-state index contributed by atoms with van der Waals surface area (Å²) in [4.78, 5) is 15.8. The number of anilines is 1. The third kappa shape index (κ3) is 2.68. The van der Waals surface area contributed by atoms with Gasteiger partial charge >= 0.3 is 5.97 Å². The summed E-state index contributed by atoms with van der Waals surface area (Å²) in [6.45, 7) is 3.63. The highest BCUT2D eigenvalue weighted by Crippen LogP contribution is 2.24. The Hall–Kier alpha value is -1.87. The lowest BCUT2D eigenvalue weighted by Crippen LogP contribution is -2.12. The Bertz CT molecular complexity index is 754. The quantitative estimate of drug-likeness (QED) is 0.892. The van der Waals surface area contributed by atoms with Crippen molar-refractivity contribution in [3.8, 4) is 0 Å². The molecule has 0 unspecified atom stereocenters. The molecule has 2 rings (SSSR count). The molecule has 0 amide bonds. The number of carboxylic acids is 1. The van der Waals surface area contributed by atoms with Gasteiger partial charge in [-0.15, -0.1) is 11.3 Å². The molecule has 9 heteroatoms. The minimum Gasteiger partial charge on any atom is -0.477 e. The van der Waals surface area contributed by atoms with Crippen LogP contribution >= 0.6 is 11.3 Å². The molecule has 7 nitrogen and oxygen atoms in total. The highest BCUT2D eigenvalue weighted by molar-refractivity contribution is 7.93. The first-order valence-corrected chi connectivity index (χ1v) is 7.87. The van der Waals surface area contributed by atoms with E-state index in [4.69, 9.17) is 5.11 Å². The summed E-state index contributed by atoms with van der Waals surface area (Å²) in [6.07, 6.45) is 1.25. The second kappa shape index (κ2) is 4.91. The molecule has 20 heavy (non-hydrogen) atoms. The van der Waals surface area contributed by atoms with Crippen LogP contribution in [-0.4, -0.2) is 29.0 Å². The van der Waals surface area contributed by atoms with E-state index < -0.39 is 16.0 Å². The number of nitrogens with zero attached hydrogens (tertiary/aromatic N) is 2. The van der Waals surface area contributed by atoms with Crippen molar-refractivity contribution in [2.24, 2.45) is 7.05 Å². The van der Waals surface area contributed by atoms with Crippen molar-refractivity contribution < 1.29 is 18.3 Å². The van der Waals surface area contributed by atoms with Crippen molar-refractivity contribution in [1.29, 1.82) is 0 Å². The average molecular weight is 315 g/mol. The summed E-state index contributed by atoms with van der Waals surface area (Å²) in [5.74, 6) is -1.19. The predicted molar refractivity (Wildman–Crippen MR) is 74.8 cm³/mol. The molecule has 2 aromatic rings. The lowest BCUT2D eigenvalue weighted by molar-refractivity contribution is 0.0686. The fourth-order valence-corrected chi connectivity index (χ4v) is 3.70. The summed E-state index contributed by atoms with van der Waals surface area (Å²) in [7, 11) is -2.37. The van der Waals surface area contributed by atoms with Gasteiger partial charge in [-0.2, -0.15) is 0 Å². The normalized spacial score (nSPS) is 11.6. The first-order valence-electron chi connectivity index (χ1n) is 5.57. The minimum atomic E-state index is -3.84. The zero-order valence-electron chi connectivity index (χ0n) is 11.0. The number of hydrogen-bond donors (Lipinski definition) is 2. The fraction of sp³-hybridized carbons (Fsp3) is 0.273. The second-order valence-corrected chi connectivity index (χ2v) is 7.13. The molecule has 108 valence electrons. The summed E-state index contributed by atoms with van der Waals surface area (Å²) in [6, 6.07) is 1.11. The third-order valence-corrected chi connectivity index (χ3v) is 5.18. The SMILES string of the molecule is Cc1nc(NS(=O)(=O)c2cc(C(=O)O)n(C)c2)sc1C. The van der Waals surface area contributed by atoms with Gasteiger partial charge in [0.25, 0.3) is 10.0 Å². The van der Waals surface area contributed by atoms with Crippen molar-refractivity contribution in [1.82, 2.24) is 9.55 Å². The Labute approximate surface area is 119 Å². The van der Waals surface area contributed by atoms with Crippen molar-refractivity contribution in [3.05, 3.63) is 28.5 Å². The van der Waals surface area contributed by atoms with Gasteiger partial charge in [-0.1, -0.05) is 0 Å². The van der Waals surface area contributed by atoms with Crippen molar-refractivity contribution in [2.45, 2.75) is 18.7 Å². The highest BCUT2D eigenvalue weighted by atomic mass is 32.2. The number of aromatic nitrogens is 2. The predicted octanol–water partition coefficient (Wildman–Crippen LogP) is 1.60. The van der Waals surface area contributed by atoms with E-state index in [0.717, 1.165) is 16.6 Å². The number of nitrogens with one attached hydrogen (secondary N) is 1. The summed E-state index contributed by atoms with van der Waals surface area (Å²) >= 11 is 1.23. The van der Waals surface area contributed by atoms with Crippen LogP contribution in [0, 0.1) is 13.8 Å². The van der Waals surface area contributed by atoms with Crippen LogP contribution in [0.3, 0.4) is 0 Å². The van der Waals surface area contributed by atoms with E-state index in [9.17, 15) is 13.2 Å². The van der Waals surface area contributed by atoms with Gasteiger partial charge in [0, 0.05) is 18.1 Å². The molecule has 0 saturated heterocycles. The van der Waals surface area contributed by atoms with Gasteiger partial charge in [0.1, 0.15) is 10.6 Å².